The first-order valence-electron chi connectivity index (χ1n) is 11.3. The van der Waals surface area contributed by atoms with Gasteiger partial charge in [-0.15, -0.1) is 0 Å². The summed E-state index contributed by atoms with van der Waals surface area (Å²) < 4.78 is 13.7. The Hall–Kier alpha value is -3.20. The van der Waals surface area contributed by atoms with Crippen molar-refractivity contribution in [1.82, 2.24) is 25.4 Å². The van der Waals surface area contributed by atoms with Gasteiger partial charge < -0.3 is 25.4 Å². The van der Waals surface area contributed by atoms with Crippen LogP contribution in [-0.2, 0) is 14.4 Å². The summed E-state index contributed by atoms with van der Waals surface area (Å²) in [6.45, 7) is 5.60. The number of fused-ring (bicyclic) bond motifs is 2. The number of hydrogen-bond acceptors (Lipinski definition) is 4. The number of carbonyl (C=O) groups is 3. The number of nitrogens with zero attached hydrogens (tertiary/aromatic N) is 2. The third-order valence-corrected chi connectivity index (χ3v) is 6.77. The molecular weight excluding hydrogens is 425 g/mol. The molecule has 1 saturated heterocycles. The smallest absolute Gasteiger partial charge is 0.245 e. The molecule has 0 spiro atoms. The van der Waals surface area contributed by atoms with Gasteiger partial charge in [-0.1, -0.05) is 6.92 Å². The fraction of sp³-hybridized carbons (Fsp3) is 0.458. The van der Waals surface area contributed by atoms with Crippen molar-refractivity contribution in [3.8, 4) is 0 Å². The standard InChI is InChI=1S/C24H30FN5O3/c1-5-19(28-23(32)13(2)26-4)24(33)29-9-8-21-22(29)18(12-30(21)14(3)31)17-11-27-20-10-15(25)6-7-16(17)20/h6-7,10-13,19,21-22,26-27H,5,8-9H2,1-4H3,(H,28,32). The highest BCUT2D eigenvalue weighted by atomic mass is 19.1. The third kappa shape index (κ3) is 4.01. The molecule has 33 heavy (non-hydrogen) atoms. The molecule has 8 nitrogen and oxygen atoms in total. The summed E-state index contributed by atoms with van der Waals surface area (Å²) in [4.78, 5) is 44.9. The van der Waals surface area contributed by atoms with Crippen LogP contribution in [0.3, 0.4) is 0 Å². The number of amides is 3. The lowest BCUT2D eigenvalue weighted by Crippen LogP contribution is -2.54. The van der Waals surface area contributed by atoms with Gasteiger partial charge in [-0.2, -0.15) is 0 Å². The molecule has 4 atom stereocenters. The van der Waals surface area contributed by atoms with Gasteiger partial charge >= 0.3 is 0 Å². The van der Waals surface area contributed by atoms with Crippen LogP contribution in [0.4, 0.5) is 4.39 Å². The van der Waals surface area contributed by atoms with E-state index in [0.717, 1.165) is 16.5 Å². The topological polar surface area (TPSA) is 97.5 Å². The van der Waals surface area contributed by atoms with E-state index >= 15 is 0 Å². The second kappa shape index (κ2) is 8.97. The molecule has 4 rings (SSSR count). The highest BCUT2D eigenvalue weighted by molar-refractivity contribution is 5.98. The number of aromatic amines is 1. The van der Waals surface area contributed by atoms with Crippen molar-refractivity contribution >= 4 is 34.2 Å². The van der Waals surface area contributed by atoms with E-state index in [4.69, 9.17) is 0 Å². The molecular formula is C24H30FN5O3. The molecule has 1 aromatic carbocycles. The SMILES string of the molecule is CCC(NC(=O)C(C)NC)C(=O)N1CCC2C1C(c1c[nH]c3cc(F)ccc13)=CN2C(C)=O. The van der Waals surface area contributed by atoms with Crippen molar-refractivity contribution in [2.75, 3.05) is 13.6 Å². The zero-order chi connectivity index (χ0) is 23.9. The molecule has 3 amide bonds. The van der Waals surface area contributed by atoms with Crippen molar-refractivity contribution in [3.05, 3.63) is 42.0 Å². The average Bonchev–Trinajstić information content (AvgIpc) is 3.49. The molecule has 176 valence electrons. The van der Waals surface area contributed by atoms with Gasteiger partial charge in [0.2, 0.25) is 17.7 Å². The minimum Gasteiger partial charge on any atom is -0.360 e. The lowest BCUT2D eigenvalue weighted by atomic mass is 9.96. The van der Waals surface area contributed by atoms with E-state index < -0.39 is 12.1 Å². The van der Waals surface area contributed by atoms with Gasteiger partial charge in [0.25, 0.3) is 0 Å². The number of likely N-dealkylation sites (tertiary alicyclic amines) is 1. The van der Waals surface area contributed by atoms with E-state index in [2.05, 4.69) is 15.6 Å². The second-order valence-electron chi connectivity index (χ2n) is 8.72. The molecule has 1 fully saturated rings. The largest absolute Gasteiger partial charge is 0.360 e. The fourth-order valence-electron chi connectivity index (χ4n) is 4.87. The van der Waals surface area contributed by atoms with Crippen LogP contribution in [0, 0.1) is 5.82 Å². The Morgan fingerprint density at radius 2 is 2.06 bits per heavy atom. The molecule has 0 bridgehead atoms. The Morgan fingerprint density at radius 1 is 1.30 bits per heavy atom. The molecule has 1 aromatic heterocycles. The number of aromatic nitrogens is 1. The van der Waals surface area contributed by atoms with Crippen molar-refractivity contribution in [3.63, 3.8) is 0 Å². The first kappa shape index (κ1) is 23.0. The molecule has 4 unspecified atom stereocenters. The molecule has 2 aromatic rings. The first-order chi connectivity index (χ1) is 15.8. The van der Waals surface area contributed by atoms with Crippen LogP contribution in [0.2, 0.25) is 0 Å². The molecule has 0 aliphatic carbocycles. The molecule has 3 heterocycles. The van der Waals surface area contributed by atoms with Crippen molar-refractivity contribution < 1.29 is 18.8 Å². The monoisotopic (exact) mass is 455 g/mol. The maximum Gasteiger partial charge on any atom is 0.245 e. The Kier molecular flexibility index (Phi) is 6.25. The Morgan fingerprint density at radius 3 is 2.73 bits per heavy atom. The normalized spacial score (nSPS) is 21.7. The van der Waals surface area contributed by atoms with Crippen LogP contribution in [0.1, 0.15) is 39.2 Å². The number of halogens is 1. The Balaban J connectivity index is 1.68. The van der Waals surface area contributed by atoms with E-state index in [9.17, 15) is 18.8 Å². The van der Waals surface area contributed by atoms with Gasteiger partial charge in [-0.3, -0.25) is 14.4 Å². The van der Waals surface area contributed by atoms with Gasteiger partial charge in [0, 0.05) is 47.9 Å². The summed E-state index contributed by atoms with van der Waals surface area (Å²) in [5, 5.41) is 6.56. The Bertz CT molecular complexity index is 1130. The first-order valence-corrected chi connectivity index (χ1v) is 11.3. The van der Waals surface area contributed by atoms with E-state index in [1.807, 2.05) is 13.1 Å². The van der Waals surface area contributed by atoms with Crippen molar-refractivity contribution in [2.24, 2.45) is 0 Å². The number of hydrogen-bond donors (Lipinski definition) is 3. The lowest BCUT2D eigenvalue weighted by molar-refractivity contribution is -0.137. The zero-order valence-electron chi connectivity index (χ0n) is 19.3. The second-order valence-corrected chi connectivity index (χ2v) is 8.72. The number of H-pyrrole nitrogens is 1. The summed E-state index contributed by atoms with van der Waals surface area (Å²) in [5.41, 5.74) is 2.33. The van der Waals surface area contributed by atoms with Gasteiger partial charge in [0.1, 0.15) is 11.9 Å². The quantitative estimate of drug-likeness (QED) is 0.621. The maximum atomic E-state index is 13.7. The van der Waals surface area contributed by atoms with E-state index in [1.54, 1.807) is 36.0 Å². The minimum atomic E-state index is -0.656. The van der Waals surface area contributed by atoms with Crippen LogP contribution in [0.15, 0.2) is 30.6 Å². The highest BCUT2D eigenvalue weighted by Crippen LogP contribution is 2.42. The molecule has 0 radical (unpaired) electrons. The zero-order valence-corrected chi connectivity index (χ0v) is 19.3. The lowest BCUT2D eigenvalue weighted by Gasteiger charge is -2.31. The van der Waals surface area contributed by atoms with Crippen LogP contribution in [0.25, 0.3) is 16.5 Å². The number of likely N-dealkylation sites (N-methyl/N-ethyl adjacent to an activating group) is 1. The third-order valence-electron chi connectivity index (χ3n) is 6.77. The van der Waals surface area contributed by atoms with Gasteiger partial charge in [-0.25, -0.2) is 4.39 Å². The number of nitrogens with one attached hydrogen (secondary N) is 3. The Labute approximate surface area is 192 Å². The van der Waals surface area contributed by atoms with Gasteiger partial charge in [0.15, 0.2) is 0 Å². The summed E-state index contributed by atoms with van der Waals surface area (Å²) >= 11 is 0. The van der Waals surface area contributed by atoms with Crippen LogP contribution in [-0.4, -0.2) is 70.3 Å². The predicted molar refractivity (Wildman–Crippen MR) is 123 cm³/mol. The fourth-order valence-corrected chi connectivity index (χ4v) is 4.87. The van der Waals surface area contributed by atoms with Crippen LogP contribution < -0.4 is 10.6 Å². The summed E-state index contributed by atoms with van der Waals surface area (Å²) in [6, 6.07) is 2.96. The highest BCUT2D eigenvalue weighted by Gasteiger charge is 2.48. The van der Waals surface area contributed by atoms with E-state index in [0.29, 0.717) is 24.9 Å². The number of carbonyl (C=O) groups excluding carboxylic acids is 3. The van der Waals surface area contributed by atoms with Crippen LogP contribution in [0.5, 0.6) is 0 Å². The van der Waals surface area contributed by atoms with Crippen molar-refractivity contribution in [2.45, 2.75) is 57.8 Å². The molecule has 9 heteroatoms. The summed E-state index contributed by atoms with van der Waals surface area (Å²) in [6.07, 6.45) is 4.71. The maximum absolute atomic E-state index is 13.7. The summed E-state index contributed by atoms with van der Waals surface area (Å²) in [5.74, 6) is -0.832. The van der Waals surface area contributed by atoms with E-state index in [1.165, 1.54) is 19.1 Å². The van der Waals surface area contributed by atoms with E-state index in [-0.39, 0.29) is 35.6 Å². The van der Waals surface area contributed by atoms with Crippen LogP contribution >= 0.6 is 0 Å². The minimum absolute atomic E-state index is 0.0941. The molecule has 2 aliphatic rings. The molecule has 3 N–H and O–H groups in total. The van der Waals surface area contributed by atoms with Gasteiger partial charge in [0.05, 0.1) is 18.1 Å². The van der Waals surface area contributed by atoms with Gasteiger partial charge in [-0.05, 0) is 45.0 Å². The summed E-state index contributed by atoms with van der Waals surface area (Å²) in [7, 11) is 1.69. The van der Waals surface area contributed by atoms with Crippen molar-refractivity contribution in [1.29, 1.82) is 0 Å². The number of rotatable bonds is 6. The predicted octanol–water partition coefficient (Wildman–Crippen LogP) is 1.98. The molecule has 2 aliphatic heterocycles. The average molecular weight is 456 g/mol. The number of benzene rings is 1. The molecule has 0 saturated carbocycles.